The summed E-state index contributed by atoms with van der Waals surface area (Å²) in [4.78, 5) is 4.40. The molecule has 1 atom stereocenters. The largest absolute Gasteiger partial charge is 0.261 e. The first-order chi connectivity index (χ1) is 9.15. The van der Waals surface area contributed by atoms with Crippen molar-refractivity contribution in [1.82, 2.24) is 4.98 Å². The van der Waals surface area contributed by atoms with E-state index in [9.17, 15) is 0 Å². The van der Waals surface area contributed by atoms with Crippen LogP contribution in [0, 0.1) is 13.8 Å². The van der Waals surface area contributed by atoms with Gasteiger partial charge in [0.25, 0.3) is 0 Å². The molecular formula is C17H20ClN. The predicted octanol–water partition coefficient (Wildman–Crippen LogP) is 4.48. The highest BCUT2D eigenvalue weighted by molar-refractivity contribution is 6.20. The Labute approximate surface area is 120 Å². The second-order valence-electron chi connectivity index (χ2n) is 5.09. The van der Waals surface area contributed by atoms with Crippen LogP contribution in [0.25, 0.3) is 0 Å². The maximum absolute atomic E-state index is 6.43. The normalized spacial score (nSPS) is 12.4. The Balaban J connectivity index is 1.86. The average molecular weight is 274 g/mol. The maximum Gasteiger partial charge on any atom is 0.0447 e. The maximum atomic E-state index is 6.43. The summed E-state index contributed by atoms with van der Waals surface area (Å²) < 4.78 is 0. The monoisotopic (exact) mass is 273 g/mol. The van der Waals surface area contributed by atoms with Gasteiger partial charge >= 0.3 is 0 Å². The van der Waals surface area contributed by atoms with Gasteiger partial charge in [0.2, 0.25) is 0 Å². The lowest BCUT2D eigenvalue weighted by Crippen LogP contribution is -2.07. The molecular weight excluding hydrogens is 254 g/mol. The standard InChI is InChI=1S/C17H20ClN/c1-13-5-7-15(8-6-13)9-10-16(18)12-17-14(2)4-3-11-19-17/h3-8,11,16H,9-10,12H2,1-2H3. The number of benzene rings is 1. The summed E-state index contributed by atoms with van der Waals surface area (Å²) in [5.74, 6) is 0. The van der Waals surface area contributed by atoms with Crippen LogP contribution in [0.5, 0.6) is 0 Å². The van der Waals surface area contributed by atoms with Crippen molar-refractivity contribution in [3.8, 4) is 0 Å². The van der Waals surface area contributed by atoms with Crippen molar-refractivity contribution in [3.05, 3.63) is 65.0 Å². The summed E-state index contributed by atoms with van der Waals surface area (Å²) in [5.41, 5.74) is 5.00. The second-order valence-corrected chi connectivity index (χ2v) is 5.71. The third-order valence-electron chi connectivity index (χ3n) is 3.40. The molecule has 2 aromatic rings. The molecule has 0 bridgehead atoms. The number of pyridine rings is 1. The zero-order chi connectivity index (χ0) is 13.7. The van der Waals surface area contributed by atoms with Crippen LogP contribution in [-0.4, -0.2) is 10.4 Å². The molecule has 2 rings (SSSR count). The van der Waals surface area contributed by atoms with Gasteiger partial charge in [-0.3, -0.25) is 4.98 Å². The van der Waals surface area contributed by atoms with Crippen molar-refractivity contribution in [2.24, 2.45) is 0 Å². The Morgan fingerprint density at radius 2 is 1.84 bits per heavy atom. The summed E-state index contributed by atoms with van der Waals surface area (Å²) in [6.07, 6.45) is 4.70. The lowest BCUT2D eigenvalue weighted by molar-refractivity contribution is 0.728. The molecule has 0 radical (unpaired) electrons. The SMILES string of the molecule is Cc1ccc(CCC(Cl)Cc2ncccc2C)cc1. The van der Waals surface area contributed by atoms with Crippen LogP contribution in [0.2, 0.25) is 0 Å². The molecule has 0 saturated heterocycles. The van der Waals surface area contributed by atoms with Crippen molar-refractivity contribution in [2.45, 2.75) is 38.5 Å². The van der Waals surface area contributed by atoms with E-state index in [1.165, 1.54) is 16.7 Å². The van der Waals surface area contributed by atoms with E-state index in [1.54, 1.807) is 0 Å². The number of rotatable bonds is 5. The molecule has 0 aliphatic heterocycles. The number of alkyl halides is 1. The molecule has 0 saturated carbocycles. The van der Waals surface area contributed by atoms with Gasteiger partial charge in [0.15, 0.2) is 0 Å². The zero-order valence-electron chi connectivity index (χ0n) is 11.6. The van der Waals surface area contributed by atoms with E-state index < -0.39 is 0 Å². The molecule has 1 heterocycles. The summed E-state index contributed by atoms with van der Waals surface area (Å²) >= 11 is 6.43. The summed E-state index contributed by atoms with van der Waals surface area (Å²) in [6, 6.07) is 12.7. The Kier molecular flexibility index (Phi) is 4.98. The molecule has 1 aromatic carbocycles. The Bertz CT molecular complexity index is 519. The number of hydrogen-bond donors (Lipinski definition) is 0. The van der Waals surface area contributed by atoms with Crippen molar-refractivity contribution < 1.29 is 0 Å². The first-order valence-corrected chi connectivity index (χ1v) is 7.19. The highest BCUT2D eigenvalue weighted by Crippen LogP contribution is 2.16. The number of hydrogen-bond acceptors (Lipinski definition) is 1. The summed E-state index contributed by atoms with van der Waals surface area (Å²) in [7, 11) is 0. The van der Waals surface area contributed by atoms with Gasteiger partial charge in [-0.05, 0) is 43.9 Å². The minimum absolute atomic E-state index is 0.148. The zero-order valence-corrected chi connectivity index (χ0v) is 12.3. The second kappa shape index (κ2) is 6.72. The summed E-state index contributed by atoms with van der Waals surface area (Å²) in [6.45, 7) is 4.20. The van der Waals surface area contributed by atoms with E-state index in [0.29, 0.717) is 0 Å². The van der Waals surface area contributed by atoms with Crippen molar-refractivity contribution >= 4 is 11.6 Å². The topological polar surface area (TPSA) is 12.9 Å². The fraction of sp³-hybridized carbons (Fsp3) is 0.353. The van der Waals surface area contributed by atoms with Crippen LogP contribution in [-0.2, 0) is 12.8 Å². The molecule has 1 nitrogen and oxygen atoms in total. The molecule has 0 N–H and O–H groups in total. The number of nitrogens with zero attached hydrogens (tertiary/aromatic N) is 1. The van der Waals surface area contributed by atoms with Crippen LogP contribution < -0.4 is 0 Å². The Hall–Kier alpha value is -1.34. The van der Waals surface area contributed by atoms with Gasteiger partial charge in [-0.15, -0.1) is 11.6 Å². The number of aryl methyl sites for hydroxylation is 3. The van der Waals surface area contributed by atoms with E-state index in [-0.39, 0.29) is 5.38 Å². The molecule has 0 fully saturated rings. The van der Waals surface area contributed by atoms with Crippen molar-refractivity contribution in [1.29, 1.82) is 0 Å². The predicted molar refractivity (Wildman–Crippen MR) is 81.8 cm³/mol. The quantitative estimate of drug-likeness (QED) is 0.732. The van der Waals surface area contributed by atoms with E-state index in [0.717, 1.165) is 25.0 Å². The van der Waals surface area contributed by atoms with Gasteiger partial charge in [-0.1, -0.05) is 35.9 Å². The van der Waals surface area contributed by atoms with Gasteiger partial charge in [0.05, 0.1) is 0 Å². The van der Waals surface area contributed by atoms with E-state index in [2.05, 4.69) is 49.2 Å². The first kappa shape index (κ1) is 14.1. The van der Waals surface area contributed by atoms with Gasteiger partial charge in [0.1, 0.15) is 0 Å². The number of halogens is 1. The highest BCUT2D eigenvalue weighted by atomic mass is 35.5. The molecule has 0 aliphatic rings. The van der Waals surface area contributed by atoms with Gasteiger partial charge < -0.3 is 0 Å². The molecule has 0 spiro atoms. The van der Waals surface area contributed by atoms with Gasteiger partial charge in [-0.2, -0.15) is 0 Å². The lowest BCUT2D eigenvalue weighted by Gasteiger charge is -2.10. The molecule has 0 amide bonds. The lowest BCUT2D eigenvalue weighted by atomic mass is 10.0. The van der Waals surface area contributed by atoms with Crippen LogP contribution in [0.1, 0.15) is 28.8 Å². The van der Waals surface area contributed by atoms with E-state index >= 15 is 0 Å². The molecule has 0 aliphatic carbocycles. The first-order valence-electron chi connectivity index (χ1n) is 6.75. The third kappa shape index (κ3) is 4.36. The van der Waals surface area contributed by atoms with Crippen LogP contribution in [0.3, 0.4) is 0 Å². The minimum Gasteiger partial charge on any atom is -0.261 e. The molecule has 1 aromatic heterocycles. The van der Waals surface area contributed by atoms with E-state index in [4.69, 9.17) is 11.6 Å². The molecule has 1 unspecified atom stereocenters. The summed E-state index contributed by atoms with van der Waals surface area (Å²) in [5, 5.41) is 0.148. The van der Waals surface area contributed by atoms with Crippen LogP contribution in [0.4, 0.5) is 0 Å². The Morgan fingerprint density at radius 3 is 2.53 bits per heavy atom. The van der Waals surface area contributed by atoms with E-state index in [1.807, 2.05) is 12.3 Å². The molecule has 100 valence electrons. The minimum atomic E-state index is 0.148. The molecule has 19 heavy (non-hydrogen) atoms. The fourth-order valence-electron chi connectivity index (χ4n) is 2.12. The van der Waals surface area contributed by atoms with Crippen molar-refractivity contribution in [2.75, 3.05) is 0 Å². The fourth-order valence-corrected chi connectivity index (χ4v) is 2.38. The number of aromatic nitrogens is 1. The average Bonchev–Trinajstić information content (AvgIpc) is 2.41. The van der Waals surface area contributed by atoms with Crippen LogP contribution in [0.15, 0.2) is 42.6 Å². The molecule has 2 heteroatoms. The highest BCUT2D eigenvalue weighted by Gasteiger charge is 2.09. The van der Waals surface area contributed by atoms with Gasteiger partial charge in [0, 0.05) is 23.7 Å². The van der Waals surface area contributed by atoms with Crippen molar-refractivity contribution in [3.63, 3.8) is 0 Å². The third-order valence-corrected chi connectivity index (χ3v) is 3.77. The van der Waals surface area contributed by atoms with Gasteiger partial charge in [-0.25, -0.2) is 0 Å². The van der Waals surface area contributed by atoms with Crippen LogP contribution >= 0.6 is 11.6 Å². The Morgan fingerprint density at radius 1 is 1.11 bits per heavy atom. The smallest absolute Gasteiger partial charge is 0.0447 e.